The minimum atomic E-state index is -1.16. The highest BCUT2D eigenvalue weighted by atomic mass is 16.2. The summed E-state index contributed by atoms with van der Waals surface area (Å²) in [7, 11) is 0. The number of fused-ring (bicyclic) bond motifs is 2. The molecule has 3 aliphatic rings. The van der Waals surface area contributed by atoms with Crippen LogP contribution in [-0.4, -0.2) is 45.9 Å². The van der Waals surface area contributed by atoms with E-state index >= 15 is 0 Å². The number of carbonyl (C=O) groups excluding carboxylic acids is 3. The van der Waals surface area contributed by atoms with E-state index in [0.29, 0.717) is 25.3 Å². The molecular formula is C38H36N4O3. The highest BCUT2D eigenvalue weighted by Gasteiger charge is 2.56. The first-order valence-electron chi connectivity index (χ1n) is 15.7. The Kier molecular flexibility index (Phi) is 7.53. The molecule has 4 aromatic carbocycles. The molecular weight excluding hydrogens is 560 g/mol. The van der Waals surface area contributed by atoms with Crippen molar-refractivity contribution >= 4 is 29.2 Å². The lowest BCUT2D eigenvalue weighted by atomic mass is 9.91. The Morgan fingerprint density at radius 3 is 2.16 bits per heavy atom. The lowest BCUT2D eigenvalue weighted by molar-refractivity contribution is -0.141. The van der Waals surface area contributed by atoms with E-state index in [9.17, 15) is 14.4 Å². The second-order valence-electron chi connectivity index (χ2n) is 12.3. The van der Waals surface area contributed by atoms with Crippen molar-refractivity contribution in [2.75, 3.05) is 6.54 Å². The second-order valence-corrected chi connectivity index (χ2v) is 12.3. The quantitative estimate of drug-likeness (QED) is 0.180. The number of nitrogens with zero attached hydrogens (tertiary/aromatic N) is 3. The Balaban J connectivity index is 1.14. The van der Waals surface area contributed by atoms with Crippen LogP contribution in [0, 0.1) is 5.92 Å². The molecule has 0 aromatic heterocycles. The topological polar surface area (TPSA) is 82.1 Å². The number of imide groups is 1. The van der Waals surface area contributed by atoms with Gasteiger partial charge in [-0.2, -0.15) is 0 Å². The molecule has 226 valence electrons. The molecule has 1 N–H and O–H groups in total. The van der Waals surface area contributed by atoms with E-state index in [1.54, 1.807) is 0 Å². The molecule has 0 bridgehead atoms. The summed E-state index contributed by atoms with van der Waals surface area (Å²) in [6.45, 7) is 2.25. The molecule has 2 atom stereocenters. The molecule has 1 aliphatic heterocycles. The number of aryl methyl sites for hydroxylation is 1. The van der Waals surface area contributed by atoms with E-state index in [0.717, 1.165) is 57.0 Å². The standard InChI is InChI=1S/C38H36N4O3/c1-26(28-17-18-28)41(24-27-11-5-2-6-12-27)34(43)25-42-36(44)38(40-37(42)45)22-21-31-23-32(19-20-33(31)38)39-35(29-13-7-3-8-14-29)30-15-9-4-10-16-30/h2-16,19-20,23,26,28H,17-18,21-22,24-25H2,1H3,(H,40,45)/t26-,38?/m0/s1. The maximum atomic E-state index is 14.0. The summed E-state index contributed by atoms with van der Waals surface area (Å²) in [6.07, 6.45) is 3.25. The van der Waals surface area contributed by atoms with Gasteiger partial charge in [-0.15, -0.1) is 0 Å². The molecule has 2 aliphatic carbocycles. The molecule has 1 spiro atoms. The maximum Gasteiger partial charge on any atom is 0.325 e. The van der Waals surface area contributed by atoms with Crippen LogP contribution in [0.15, 0.2) is 114 Å². The molecule has 4 aromatic rings. The number of rotatable bonds is 9. The van der Waals surface area contributed by atoms with Gasteiger partial charge in [-0.05, 0) is 67.3 Å². The molecule has 7 rings (SSSR count). The zero-order chi connectivity index (χ0) is 31.0. The van der Waals surface area contributed by atoms with Crippen LogP contribution in [0.5, 0.6) is 0 Å². The minimum Gasteiger partial charge on any atom is -0.334 e. The van der Waals surface area contributed by atoms with Gasteiger partial charge in [0.05, 0.1) is 11.4 Å². The van der Waals surface area contributed by atoms with Crippen LogP contribution in [0.25, 0.3) is 0 Å². The van der Waals surface area contributed by atoms with Crippen LogP contribution >= 0.6 is 0 Å². The van der Waals surface area contributed by atoms with Gasteiger partial charge in [0.1, 0.15) is 12.1 Å². The Bertz CT molecular complexity index is 1730. The summed E-state index contributed by atoms with van der Waals surface area (Å²) in [4.78, 5) is 49.1. The third kappa shape index (κ3) is 5.55. The van der Waals surface area contributed by atoms with E-state index < -0.39 is 11.6 Å². The minimum absolute atomic E-state index is 0.0373. The van der Waals surface area contributed by atoms with E-state index in [1.807, 2.05) is 114 Å². The SMILES string of the molecule is C[C@@H](C1CC1)N(Cc1ccccc1)C(=O)CN1C(=O)NC2(CCc3cc(N=C(c4ccccc4)c4ccccc4)ccc32)C1=O. The van der Waals surface area contributed by atoms with Crippen LogP contribution in [-0.2, 0) is 28.1 Å². The van der Waals surface area contributed by atoms with Crippen LogP contribution in [0.3, 0.4) is 0 Å². The highest BCUT2D eigenvalue weighted by molar-refractivity contribution is 6.14. The van der Waals surface area contributed by atoms with Gasteiger partial charge in [0.2, 0.25) is 5.91 Å². The summed E-state index contributed by atoms with van der Waals surface area (Å²) in [5.41, 5.74) is 5.28. The lowest BCUT2D eigenvalue weighted by Crippen LogP contribution is -2.47. The Morgan fingerprint density at radius 1 is 0.911 bits per heavy atom. The number of carbonyl (C=O) groups is 3. The van der Waals surface area contributed by atoms with E-state index in [2.05, 4.69) is 12.2 Å². The van der Waals surface area contributed by atoms with Gasteiger partial charge in [0.15, 0.2) is 0 Å². The van der Waals surface area contributed by atoms with Crippen LogP contribution in [0.2, 0.25) is 0 Å². The highest BCUT2D eigenvalue weighted by Crippen LogP contribution is 2.43. The number of benzene rings is 4. The molecule has 4 amide bonds. The van der Waals surface area contributed by atoms with Gasteiger partial charge in [-0.1, -0.05) is 97.1 Å². The first-order valence-corrected chi connectivity index (χ1v) is 15.7. The summed E-state index contributed by atoms with van der Waals surface area (Å²) in [6, 6.07) is 35.4. The van der Waals surface area contributed by atoms with Crippen molar-refractivity contribution in [3.63, 3.8) is 0 Å². The third-order valence-corrected chi connectivity index (χ3v) is 9.43. The second kappa shape index (κ2) is 11.8. The van der Waals surface area contributed by atoms with Gasteiger partial charge in [-0.3, -0.25) is 14.5 Å². The summed E-state index contributed by atoms with van der Waals surface area (Å²) >= 11 is 0. The van der Waals surface area contributed by atoms with Crippen molar-refractivity contribution in [3.05, 3.63) is 137 Å². The number of aliphatic imine (C=N–C) groups is 1. The Hall–Kier alpha value is -5.04. The predicted octanol–water partition coefficient (Wildman–Crippen LogP) is 6.38. The molecule has 1 saturated heterocycles. The summed E-state index contributed by atoms with van der Waals surface area (Å²) in [5, 5.41) is 2.99. The number of nitrogens with one attached hydrogen (secondary N) is 1. The number of urea groups is 1. The fourth-order valence-corrected chi connectivity index (χ4v) is 6.77. The number of amides is 4. The normalized spacial score (nSPS) is 19.3. The largest absolute Gasteiger partial charge is 0.334 e. The van der Waals surface area contributed by atoms with Crippen LogP contribution < -0.4 is 5.32 Å². The molecule has 7 nitrogen and oxygen atoms in total. The monoisotopic (exact) mass is 596 g/mol. The average molecular weight is 597 g/mol. The van der Waals surface area contributed by atoms with Crippen molar-refractivity contribution < 1.29 is 14.4 Å². The lowest BCUT2D eigenvalue weighted by Gasteiger charge is -2.31. The van der Waals surface area contributed by atoms with Gasteiger partial charge in [-0.25, -0.2) is 9.79 Å². The van der Waals surface area contributed by atoms with E-state index in [4.69, 9.17) is 4.99 Å². The molecule has 2 fully saturated rings. The molecule has 7 heteroatoms. The van der Waals surface area contributed by atoms with Crippen molar-refractivity contribution in [2.45, 2.75) is 50.7 Å². The van der Waals surface area contributed by atoms with Crippen molar-refractivity contribution in [1.82, 2.24) is 15.1 Å². The predicted molar refractivity (Wildman–Crippen MR) is 174 cm³/mol. The first kappa shape index (κ1) is 28.7. The smallest absolute Gasteiger partial charge is 0.325 e. The van der Waals surface area contributed by atoms with Gasteiger partial charge in [0.25, 0.3) is 5.91 Å². The number of hydrogen-bond acceptors (Lipinski definition) is 4. The van der Waals surface area contributed by atoms with Crippen molar-refractivity contribution in [1.29, 1.82) is 0 Å². The fourth-order valence-electron chi connectivity index (χ4n) is 6.77. The van der Waals surface area contributed by atoms with E-state index in [1.165, 1.54) is 0 Å². The summed E-state index contributed by atoms with van der Waals surface area (Å²) in [5.74, 6) is -0.116. The van der Waals surface area contributed by atoms with Crippen molar-refractivity contribution in [3.8, 4) is 0 Å². The van der Waals surface area contributed by atoms with Crippen molar-refractivity contribution in [2.24, 2.45) is 10.9 Å². The molecule has 45 heavy (non-hydrogen) atoms. The first-order chi connectivity index (χ1) is 21.9. The van der Waals surface area contributed by atoms with Gasteiger partial charge in [0, 0.05) is 23.7 Å². The molecule has 1 saturated carbocycles. The molecule has 1 unspecified atom stereocenters. The summed E-state index contributed by atoms with van der Waals surface area (Å²) < 4.78 is 0. The zero-order valence-electron chi connectivity index (χ0n) is 25.4. The maximum absolute atomic E-state index is 14.0. The van der Waals surface area contributed by atoms with Gasteiger partial charge >= 0.3 is 6.03 Å². The van der Waals surface area contributed by atoms with E-state index in [-0.39, 0.29) is 24.4 Å². The number of hydrogen-bond donors (Lipinski definition) is 1. The molecule has 0 radical (unpaired) electrons. The Labute approximate surface area is 263 Å². The van der Waals surface area contributed by atoms with Crippen LogP contribution in [0.4, 0.5) is 10.5 Å². The van der Waals surface area contributed by atoms with Gasteiger partial charge < -0.3 is 10.2 Å². The fraction of sp³-hybridized carbons (Fsp3) is 0.263. The molecule has 1 heterocycles. The van der Waals surface area contributed by atoms with Crippen LogP contribution in [0.1, 0.15) is 54.0 Å². The Morgan fingerprint density at radius 2 is 1.53 bits per heavy atom. The third-order valence-electron chi connectivity index (χ3n) is 9.43. The average Bonchev–Trinajstić information content (AvgIpc) is 3.83. The zero-order valence-corrected chi connectivity index (χ0v) is 25.4.